The molecule has 192 valence electrons. The maximum atomic E-state index is 14.1. The molecule has 0 unspecified atom stereocenters. The highest BCUT2D eigenvalue weighted by atomic mass is 19.4. The molecule has 0 bridgehead atoms. The van der Waals surface area contributed by atoms with E-state index in [4.69, 9.17) is 0 Å². The number of hydrogen-bond donors (Lipinski definition) is 2. The number of nitrogens with zero attached hydrogens (tertiary/aromatic N) is 3. The van der Waals surface area contributed by atoms with Gasteiger partial charge in [0.05, 0.1) is 16.6 Å². The van der Waals surface area contributed by atoms with Gasteiger partial charge in [-0.2, -0.15) is 18.2 Å². The van der Waals surface area contributed by atoms with Crippen molar-refractivity contribution >= 4 is 28.6 Å². The Morgan fingerprint density at radius 1 is 1.00 bits per heavy atom. The van der Waals surface area contributed by atoms with Gasteiger partial charge in [0.25, 0.3) is 5.91 Å². The minimum absolute atomic E-state index is 0.101. The lowest BCUT2D eigenvalue weighted by Crippen LogP contribution is -2.34. The first-order valence-corrected chi connectivity index (χ1v) is 11.6. The molecule has 1 saturated carbocycles. The third-order valence-corrected chi connectivity index (χ3v) is 6.37. The molecule has 0 atom stereocenters. The van der Waals surface area contributed by atoms with Crippen LogP contribution < -0.4 is 15.5 Å². The van der Waals surface area contributed by atoms with E-state index in [1.165, 1.54) is 0 Å². The van der Waals surface area contributed by atoms with Crippen LogP contribution in [0.15, 0.2) is 36.4 Å². The van der Waals surface area contributed by atoms with Gasteiger partial charge in [-0.15, -0.1) is 0 Å². The van der Waals surface area contributed by atoms with Gasteiger partial charge in [-0.3, -0.25) is 4.79 Å². The van der Waals surface area contributed by atoms with Crippen molar-refractivity contribution in [2.45, 2.75) is 37.9 Å². The Bertz CT molecular complexity index is 1260. The van der Waals surface area contributed by atoms with Crippen molar-refractivity contribution in [2.75, 3.05) is 30.9 Å². The quantitative estimate of drug-likeness (QED) is 0.438. The van der Waals surface area contributed by atoms with Gasteiger partial charge in [-0.05, 0) is 55.9 Å². The van der Waals surface area contributed by atoms with Crippen LogP contribution in [0.4, 0.5) is 33.7 Å². The van der Waals surface area contributed by atoms with Crippen LogP contribution >= 0.6 is 0 Å². The second-order valence-corrected chi connectivity index (χ2v) is 9.14. The van der Waals surface area contributed by atoms with Crippen LogP contribution in [0.25, 0.3) is 10.9 Å². The second-order valence-electron chi connectivity index (χ2n) is 9.14. The molecule has 2 aromatic carbocycles. The number of benzene rings is 2. The summed E-state index contributed by atoms with van der Waals surface area (Å²) < 4.78 is 66.0. The number of aromatic nitrogens is 2. The van der Waals surface area contributed by atoms with Gasteiger partial charge in [-0.25, -0.2) is 13.8 Å². The van der Waals surface area contributed by atoms with Crippen LogP contribution in [-0.2, 0) is 6.18 Å². The van der Waals surface area contributed by atoms with Gasteiger partial charge in [-0.1, -0.05) is 12.1 Å². The molecule has 0 aliphatic heterocycles. The lowest BCUT2D eigenvalue weighted by molar-refractivity contribution is -0.140. The minimum Gasteiger partial charge on any atom is -0.362 e. The summed E-state index contributed by atoms with van der Waals surface area (Å²) in [5, 5.41) is 6.87. The normalized spacial score (nSPS) is 18.2. The van der Waals surface area contributed by atoms with Crippen molar-refractivity contribution in [3.8, 4) is 0 Å². The topological polar surface area (TPSA) is 70.2 Å². The van der Waals surface area contributed by atoms with Crippen LogP contribution in [-0.4, -0.2) is 42.6 Å². The van der Waals surface area contributed by atoms with Crippen LogP contribution in [0.2, 0.25) is 0 Å². The Morgan fingerprint density at radius 3 is 2.36 bits per heavy atom. The van der Waals surface area contributed by atoms with Crippen LogP contribution in [0.3, 0.4) is 0 Å². The number of halogens is 5. The number of amides is 1. The molecule has 1 fully saturated rings. The predicted molar refractivity (Wildman–Crippen MR) is 127 cm³/mol. The maximum Gasteiger partial charge on any atom is 0.419 e. The van der Waals surface area contributed by atoms with E-state index in [-0.39, 0.29) is 18.5 Å². The third-order valence-electron chi connectivity index (χ3n) is 6.37. The first-order valence-electron chi connectivity index (χ1n) is 11.6. The third kappa shape index (κ3) is 5.50. The molecule has 0 saturated heterocycles. The van der Waals surface area contributed by atoms with E-state index in [0.717, 1.165) is 42.4 Å². The highest BCUT2D eigenvalue weighted by Gasteiger charge is 2.36. The maximum absolute atomic E-state index is 14.1. The molecule has 0 radical (unpaired) electrons. The average Bonchev–Trinajstić information content (AvgIpc) is 2.83. The fraction of sp³-hybridized carbons (Fsp3) is 0.400. The van der Waals surface area contributed by atoms with Crippen LogP contribution in [0.1, 0.15) is 41.6 Å². The molecule has 11 heteroatoms. The van der Waals surface area contributed by atoms with Crippen molar-refractivity contribution in [3.05, 3.63) is 59.2 Å². The number of carbonyl (C=O) groups excluding carboxylic acids is 1. The summed E-state index contributed by atoms with van der Waals surface area (Å²) in [6, 6.07) is 8.93. The smallest absolute Gasteiger partial charge is 0.362 e. The van der Waals surface area contributed by atoms with Gasteiger partial charge >= 0.3 is 6.18 Å². The summed E-state index contributed by atoms with van der Waals surface area (Å²) in [6.45, 7) is 0.213. The highest BCUT2D eigenvalue weighted by Crippen LogP contribution is 2.33. The average molecular weight is 508 g/mol. The van der Waals surface area contributed by atoms with E-state index in [9.17, 15) is 26.7 Å². The lowest BCUT2D eigenvalue weighted by atomic mass is 9.86. The molecule has 1 aromatic heterocycles. The number of hydrogen-bond acceptors (Lipinski definition) is 5. The minimum atomic E-state index is -5.04. The second kappa shape index (κ2) is 10.2. The summed E-state index contributed by atoms with van der Waals surface area (Å²) >= 11 is 0. The molecule has 1 aliphatic rings. The number of para-hydroxylation sites is 1. The van der Waals surface area contributed by atoms with E-state index < -0.39 is 34.8 Å². The highest BCUT2D eigenvalue weighted by molar-refractivity contribution is 5.94. The van der Waals surface area contributed by atoms with Crippen molar-refractivity contribution in [3.63, 3.8) is 0 Å². The van der Waals surface area contributed by atoms with Gasteiger partial charge in [0.15, 0.2) is 11.6 Å². The van der Waals surface area contributed by atoms with E-state index in [2.05, 4.69) is 20.6 Å². The molecule has 6 nitrogen and oxygen atoms in total. The van der Waals surface area contributed by atoms with Crippen LogP contribution in [0.5, 0.6) is 0 Å². The van der Waals surface area contributed by atoms with Gasteiger partial charge in [0.1, 0.15) is 5.82 Å². The van der Waals surface area contributed by atoms with Crippen molar-refractivity contribution in [2.24, 2.45) is 5.92 Å². The molecule has 4 rings (SSSR count). The Hall–Kier alpha value is -3.50. The summed E-state index contributed by atoms with van der Waals surface area (Å²) in [6.07, 6.45) is -1.95. The molecule has 36 heavy (non-hydrogen) atoms. The number of carbonyl (C=O) groups is 1. The number of alkyl halides is 3. The predicted octanol–water partition coefficient (Wildman–Crippen LogP) is 5.39. The first-order chi connectivity index (χ1) is 17.0. The van der Waals surface area contributed by atoms with E-state index >= 15 is 0 Å². The summed E-state index contributed by atoms with van der Waals surface area (Å²) in [7, 11) is 3.84. The first kappa shape index (κ1) is 25.6. The largest absolute Gasteiger partial charge is 0.419 e. The monoisotopic (exact) mass is 507 g/mol. The number of rotatable bonds is 6. The summed E-state index contributed by atoms with van der Waals surface area (Å²) in [5.41, 5.74) is -1.65. The zero-order valence-electron chi connectivity index (χ0n) is 19.8. The molecule has 0 spiro atoms. The van der Waals surface area contributed by atoms with E-state index in [0.29, 0.717) is 18.1 Å². The SMILES string of the molecule is CN(C)c1nc(N[C@H]2CC[C@@H](CNC(=O)c3ccc(C(F)(F)F)c(F)c3F)CC2)nc2ccccc12. The van der Waals surface area contributed by atoms with Crippen LogP contribution in [0, 0.1) is 17.6 Å². The standard InChI is InChI=1S/C25H26F5N5O/c1-35(2)22-16-5-3-4-6-19(16)33-24(34-22)32-15-9-7-14(8-10-15)13-31-23(36)17-11-12-18(25(28,29)30)21(27)20(17)26/h3-6,11-12,14-15H,7-10,13H2,1-2H3,(H,31,36)(H,32,33,34)/t14-,15+. The van der Waals surface area contributed by atoms with Crippen molar-refractivity contribution in [1.29, 1.82) is 0 Å². The van der Waals surface area contributed by atoms with E-state index in [1.54, 1.807) is 0 Å². The fourth-order valence-corrected chi connectivity index (χ4v) is 4.43. The van der Waals surface area contributed by atoms with Gasteiger partial charge < -0.3 is 15.5 Å². The van der Waals surface area contributed by atoms with Crippen molar-refractivity contribution in [1.82, 2.24) is 15.3 Å². The fourth-order valence-electron chi connectivity index (χ4n) is 4.43. The van der Waals surface area contributed by atoms with Crippen molar-refractivity contribution < 1.29 is 26.7 Å². The zero-order chi connectivity index (χ0) is 26.0. The number of fused-ring (bicyclic) bond motifs is 1. The Labute approximate surface area is 204 Å². The van der Waals surface area contributed by atoms with E-state index in [1.807, 2.05) is 43.3 Å². The Kier molecular flexibility index (Phi) is 7.28. The molecular weight excluding hydrogens is 481 g/mol. The lowest BCUT2D eigenvalue weighted by Gasteiger charge is -2.29. The molecule has 1 amide bonds. The van der Waals surface area contributed by atoms with Gasteiger partial charge in [0, 0.05) is 32.1 Å². The molecular formula is C25H26F5N5O. The zero-order valence-corrected chi connectivity index (χ0v) is 19.8. The summed E-state index contributed by atoms with van der Waals surface area (Å²) in [5.74, 6) is -3.37. The number of nitrogens with one attached hydrogen (secondary N) is 2. The summed E-state index contributed by atoms with van der Waals surface area (Å²) in [4.78, 5) is 23.5. The Morgan fingerprint density at radius 2 is 1.69 bits per heavy atom. The Balaban J connectivity index is 1.33. The molecule has 1 heterocycles. The molecule has 1 aliphatic carbocycles. The number of anilines is 2. The molecule has 3 aromatic rings. The van der Waals surface area contributed by atoms with Gasteiger partial charge in [0.2, 0.25) is 5.95 Å². The molecule has 2 N–H and O–H groups in total.